The number of phenolic OH excluding ortho intramolecular Hbond substituents is 1. The molecule has 0 bridgehead atoms. The van der Waals surface area contributed by atoms with Gasteiger partial charge in [-0.1, -0.05) is 18.2 Å². The average Bonchev–Trinajstić information content (AvgIpc) is 2.44. The summed E-state index contributed by atoms with van der Waals surface area (Å²) in [5.41, 5.74) is 3.06. The maximum atomic E-state index is 12.5. The van der Waals surface area contributed by atoms with E-state index in [9.17, 15) is 9.90 Å². The number of hydrogen-bond donors (Lipinski definition) is 1. The maximum absolute atomic E-state index is 12.5. The number of likely N-dealkylation sites (N-methyl/N-ethyl adjacent to an activating group) is 1. The molecule has 1 amide bonds. The summed E-state index contributed by atoms with van der Waals surface area (Å²) in [6, 6.07) is 13.0. The third kappa shape index (κ3) is 2.16. The van der Waals surface area contributed by atoms with E-state index >= 15 is 0 Å². The molecule has 2 aromatic carbocycles. The normalized spacial score (nSPS) is 18.0. The van der Waals surface area contributed by atoms with E-state index in [2.05, 4.69) is 6.07 Å². The third-order valence-electron chi connectivity index (χ3n) is 3.47. The number of carbonyl (C=O) groups excluding carboxylic acids is 1. The Hall–Kier alpha value is -1.94. The van der Waals surface area contributed by atoms with Crippen LogP contribution in [-0.2, 0) is 4.79 Å². The van der Waals surface area contributed by atoms with Crippen LogP contribution >= 0.6 is 11.8 Å². The van der Waals surface area contributed by atoms with Crippen LogP contribution in [0, 0.1) is 6.92 Å². The molecule has 0 saturated heterocycles. The number of benzene rings is 2. The summed E-state index contributed by atoms with van der Waals surface area (Å²) >= 11 is 1.57. The van der Waals surface area contributed by atoms with Crippen molar-refractivity contribution in [3.8, 4) is 5.75 Å². The highest BCUT2D eigenvalue weighted by Gasteiger charge is 2.32. The van der Waals surface area contributed by atoms with Gasteiger partial charge in [0.25, 0.3) is 0 Å². The van der Waals surface area contributed by atoms with Gasteiger partial charge < -0.3 is 10.0 Å². The number of hydrogen-bond acceptors (Lipinski definition) is 3. The van der Waals surface area contributed by atoms with Gasteiger partial charge in [-0.3, -0.25) is 4.79 Å². The number of nitrogens with zero attached hydrogens (tertiary/aromatic N) is 1. The maximum Gasteiger partial charge on any atom is 0.244 e. The highest BCUT2D eigenvalue weighted by atomic mass is 32.2. The Morgan fingerprint density at radius 3 is 2.55 bits per heavy atom. The van der Waals surface area contributed by atoms with Gasteiger partial charge in [-0.15, -0.1) is 11.8 Å². The van der Waals surface area contributed by atoms with Crippen LogP contribution in [0.5, 0.6) is 5.75 Å². The number of anilines is 1. The highest BCUT2D eigenvalue weighted by Crippen LogP contribution is 2.46. The molecule has 4 heteroatoms. The standard InChI is InChI=1S/C16H15NO2S/c1-10-3-8-13-14(9-10)20-15(16(19)17(13)2)11-4-6-12(18)7-5-11/h3-9,15,18H,1-2H3. The van der Waals surface area contributed by atoms with Crippen molar-refractivity contribution in [3.05, 3.63) is 53.6 Å². The molecule has 0 spiro atoms. The van der Waals surface area contributed by atoms with E-state index in [-0.39, 0.29) is 16.9 Å². The predicted molar refractivity (Wildman–Crippen MR) is 81.3 cm³/mol. The monoisotopic (exact) mass is 285 g/mol. The van der Waals surface area contributed by atoms with Crippen LogP contribution in [0.3, 0.4) is 0 Å². The highest BCUT2D eigenvalue weighted by molar-refractivity contribution is 8.00. The van der Waals surface area contributed by atoms with Gasteiger partial charge in [0.05, 0.1) is 5.69 Å². The molecule has 0 saturated carbocycles. The second-order valence-corrected chi connectivity index (χ2v) is 6.10. The van der Waals surface area contributed by atoms with E-state index < -0.39 is 0 Å². The number of rotatable bonds is 1. The second kappa shape index (κ2) is 4.87. The summed E-state index contributed by atoms with van der Waals surface area (Å²) in [4.78, 5) is 15.3. The van der Waals surface area contributed by atoms with Crippen LogP contribution in [0.15, 0.2) is 47.4 Å². The van der Waals surface area contributed by atoms with Crippen molar-refractivity contribution in [2.45, 2.75) is 17.1 Å². The van der Waals surface area contributed by atoms with Crippen LogP contribution in [0.1, 0.15) is 16.4 Å². The Balaban J connectivity index is 2.03. The fourth-order valence-electron chi connectivity index (χ4n) is 2.32. The van der Waals surface area contributed by atoms with Crippen molar-refractivity contribution < 1.29 is 9.90 Å². The van der Waals surface area contributed by atoms with E-state index in [0.29, 0.717) is 0 Å². The van der Waals surface area contributed by atoms with Crippen LogP contribution in [0.4, 0.5) is 5.69 Å². The molecule has 0 aromatic heterocycles. The van der Waals surface area contributed by atoms with Crippen molar-refractivity contribution in [1.82, 2.24) is 0 Å². The number of fused-ring (bicyclic) bond motifs is 1. The Morgan fingerprint density at radius 1 is 1.15 bits per heavy atom. The summed E-state index contributed by atoms with van der Waals surface area (Å²) in [6.07, 6.45) is 0. The third-order valence-corrected chi connectivity index (χ3v) is 4.76. The number of phenols is 1. The fraction of sp³-hybridized carbons (Fsp3) is 0.188. The lowest BCUT2D eigenvalue weighted by Crippen LogP contribution is -2.33. The molecule has 20 heavy (non-hydrogen) atoms. The van der Waals surface area contributed by atoms with Crippen molar-refractivity contribution in [1.29, 1.82) is 0 Å². The second-order valence-electron chi connectivity index (χ2n) is 4.96. The van der Waals surface area contributed by atoms with E-state index in [1.807, 2.05) is 26.1 Å². The van der Waals surface area contributed by atoms with Gasteiger partial charge in [0.2, 0.25) is 5.91 Å². The minimum absolute atomic E-state index is 0.0667. The number of thioether (sulfide) groups is 1. The molecule has 1 atom stereocenters. The van der Waals surface area contributed by atoms with Gasteiger partial charge in [-0.05, 0) is 42.3 Å². The first-order valence-corrected chi connectivity index (χ1v) is 7.28. The first-order valence-electron chi connectivity index (χ1n) is 6.40. The Kier molecular flexibility index (Phi) is 3.18. The van der Waals surface area contributed by atoms with Crippen LogP contribution in [0.2, 0.25) is 0 Å². The molecule has 1 N–H and O–H groups in total. The summed E-state index contributed by atoms with van der Waals surface area (Å²) < 4.78 is 0. The minimum Gasteiger partial charge on any atom is -0.508 e. The molecular formula is C16H15NO2S. The average molecular weight is 285 g/mol. The number of aromatic hydroxyl groups is 1. The van der Waals surface area contributed by atoms with Crippen LogP contribution in [0.25, 0.3) is 0 Å². The summed E-state index contributed by atoms with van der Waals surface area (Å²) in [5, 5.41) is 9.11. The molecule has 1 unspecified atom stereocenters. The topological polar surface area (TPSA) is 40.5 Å². The van der Waals surface area contributed by atoms with Crippen molar-refractivity contribution in [2.75, 3.05) is 11.9 Å². The summed E-state index contributed by atoms with van der Waals surface area (Å²) in [7, 11) is 1.81. The lowest BCUT2D eigenvalue weighted by Gasteiger charge is -2.31. The van der Waals surface area contributed by atoms with Gasteiger partial charge in [0.1, 0.15) is 11.0 Å². The molecule has 0 aliphatic carbocycles. The lowest BCUT2D eigenvalue weighted by atomic mass is 10.1. The van der Waals surface area contributed by atoms with Gasteiger partial charge in [-0.25, -0.2) is 0 Å². The van der Waals surface area contributed by atoms with E-state index in [0.717, 1.165) is 16.1 Å². The van der Waals surface area contributed by atoms with E-state index in [1.165, 1.54) is 5.56 Å². The summed E-state index contributed by atoms with van der Waals surface area (Å²) in [6.45, 7) is 2.05. The smallest absolute Gasteiger partial charge is 0.244 e. The van der Waals surface area contributed by atoms with Crippen LogP contribution in [-0.4, -0.2) is 18.1 Å². The van der Waals surface area contributed by atoms with Gasteiger partial charge in [0.15, 0.2) is 0 Å². The molecule has 102 valence electrons. The molecule has 3 nitrogen and oxygen atoms in total. The number of amides is 1. The number of aryl methyl sites for hydroxylation is 1. The van der Waals surface area contributed by atoms with Gasteiger partial charge in [0, 0.05) is 11.9 Å². The van der Waals surface area contributed by atoms with E-state index in [4.69, 9.17) is 0 Å². The molecule has 2 aromatic rings. The lowest BCUT2D eigenvalue weighted by molar-refractivity contribution is -0.118. The first-order chi connectivity index (χ1) is 9.56. The van der Waals surface area contributed by atoms with Crippen molar-refractivity contribution in [2.24, 2.45) is 0 Å². The van der Waals surface area contributed by atoms with E-state index in [1.54, 1.807) is 40.9 Å². The molecule has 1 heterocycles. The molecule has 0 radical (unpaired) electrons. The van der Waals surface area contributed by atoms with Crippen molar-refractivity contribution >= 4 is 23.4 Å². The zero-order chi connectivity index (χ0) is 14.3. The number of carbonyl (C=O) groups is 1. The Bertz CT molecular complexity index is 667. The summed E-state index contributed by atoms with van der Waals surface area (Å²) in [5.74, 6) is 0.281. The quantitative estimate of drug-likeness (QED) is 0.871. The Labute approximate surface area is 122 Å². The molecule has 0 fully saturated rings. The molecule has 1 aliphatic rings. The minimum atomic E-state index is -0.255. The predicted octanol–water partition coefficient (Wildman–Crippen LogP) is 3.51. The molecule has 3 rings (SSSR count). The van der Waals surface area contributed by atoms with Crippen LogP contribution < -0.4 is 4.90 Å². The largest absolute Gasteiger partial charge is 0.508 e. The van der Waals surface area contributed by atoms with Gasteiger partial charge >= 0.3 is 0 Å². The zero-order valence-corrected chi connectivity index (χ0v) is 12.1. The molecule has 1 aliphatic heterocycles. The van der Waals surface area contributed by atoms with Gasteiger partial charge in [-0.2, -0.15) is 0 Å². The molecular weight excluding hydrogens is 270 g/mol. The Morgan fingerprint density at radius 2 is 1.85 bits per heavy atom. The SMILES string of the molecule is Cc1ccc2c(c1)SC(c1ccc(O)cc1)C(=O)N2C. The van der Waals surface area contributed by atoms with Crippen molar-refractivity contribution in [3.63, 3.8) is 0 Å². The first kappa shape index (κ1) is 13.1. The fourth-order valence-corrected chi connectivity index (χ4v) is 3.71. The zero-order valence-electron chi connectivity index (χ0n) is 11.3.